The van der Waals surface area contributed by atoms with Crippen molar-refractivity contribution in [2.45, 2.75) is 51.4 Å². The Kier molecular flexibility index (Phi) is 12.0. The van der Waals surface area contributed by atoms with Gasteiger partial charge in [0.1, 0.15) is 5.75 Å². The second kappa shape index (κ2) is 14.2. The molecule has 0 radical (unpaired) electrons. The Hall–Kier alpha value is -1.79. The van der Waals surface area contributed by atoms with Gasteiger partial charge in [0.25, 0.3) is 0 Å². The van der Waals surface area contributed by atoms with Crippen LogP contribution in [0.4, 0.5) is 5.69 Å². The first-order chi connectivity index (χ1) is 16.9. The van der Waals surface area contributed by atoms with E-state index in [0.717, 1.165) is 27.7 Å². The molecule has 2 aromatic carbocycles. The maximum absolute atomic E-state index is 6.19. The van der Waals surface area contributed by atoms with E-state index in [9.17, 15) is 0 Å². The lowest BCUT2D eigenvalue weighted by Crippen LogP contribution is -2.22. The summed E-state index contributed by atoms with van der Waals surface area (Å²) >= 11 is 3.58. The molecule has 0 saturated carbocycles. The van der Waals surface area contributed by atoms with Crippen LogP contribution in [0.25, 0.3) is 12.2 Å². The lowest BCUT2D eigenvalue weighted by molar-refractivity contribution is 0.0205. The van der Waals surface area contributed by atoms with Gasteiger partial charge in [-0.3, -0.25) is 0 Å². The van der Waals surface area contributed by atoms with Crippen LogP contribution in [0.3, 0.4) is 0 Å². The Labute approximate surface area is 227 Å². The molecular formula is C27H42BrNO5Si2. The van der Waals surface area contributed by atoms with Gasteiger partial charge in [0.15, 0.2) is 25.1 Å². The number of rotatable bonds is 15. The summed E-state index contributed by atoms with van der Waals surface area (Å²) in [7, 11) is -0.603. The highest BCUT2D eigenvalue weighted by atomic mass is 79.9. The van der Waals surface area contributed by atoms with Crippen molar-refractivity contribution in [1.82, 2.24) is 0 Å². The van der Waals surface area contributed by atoms with Crippen molar-refractivity contribution in [2.75, 3.05) is 39.6 Å². The zero-order chi connectivity index (χ0) is 26.8. The number of hydrogen-bond donors (Lipinski definition) is 1. The molecular weight excluding hydrogens is 554 g/mol. The predicted molar refractivity (Wildman–Crippen MR) is 160 cm³/mol. The van der Waals surface area contributed by atoms with Crippen molar-refractivity contribution < 1.29 is 23.7 Å². The first kappa shape index (κ1) is 30.4. The Balaban J connectivity index is 1.99. The lowest BCUT2D eigenvalue weighted by atomic mass is 10.1. The number of hydrogen-bond acceptors (Lipinski definition) is 6. The molecule has 0 atom stereocenters. The highest BCUT2D eigenvalue weighted by Gasteiger charge is 2.13. The Morgan fingerprint density at radius 1 is 0.806 bits per heavy atom. The van der Waals surface area contributed by atoms with Crippen molar-refractivity contribution in [3.8, 4) is 17.2 Å². The van der Waals surface area contributed by atoms with E-state index >= 15 is 0 Å². The average Bonchev–Trinajstić information content (AvgIpc) is 2.78. The quantitative estimate of drug-likeness (QED) is 0.0751. The van der Waals surface area contributed by atoms with Gasteiger partial charge in [0.05, 0.1) is 12.8 Å². The molecule has 2 N–H and O–H groups in total. The van der Waals surface area contributed by atoms with Gasteiger partial charge in [-0.15, -0.1) is 0 Å². The third kappa shape index (κ3) is 11.5. The van der Waals surface area contributed by atoms with Crippen LogP contribution >= 0.6 is 15.9 Å². The van der Waals surface area contributed by atoms with Crippen molar-refractivity contribution in [2.24, 2.45) is 0 Å². The van der Waals surface area contributed by atoms with E-state index in [1.54, 1.807) is 13.2 Å². The van der Waals surface area contributed by atoms with E-state index in [1.807, 2.05) is 36.4 Å². The second-order valence-corrected chi connectivity index (χ2v) is 23.2. The van der Waals surface area contributed by atoms with Gasteiger partial charge in [-0.1, -0.05) is 57.5 Å². The molecule has 2 rings (SSSR count). The number of nitrogen functional groups attached to an aromatic ring is 1. The third-order valence-electron chi connectivity index (χ3n) is 5.34. The van der Waals surface area contributed by atoms with Gasteiger partial charge in [0, 0.05) is 39.9 Å². The maximum Gasteiger partial charge on any atom is 0.189 e. The normalized spacial score (nSPS) is 12.2. The zero-order valence-corrected chi connectivity index (χ0v) is 26.4. The minimum absolute atomic E-state index is 0.204. The average molecular weight is 597 g/mol. The molecule has 6 nitrogen and oxygen atoms in total. The Bertz CT molecular complexity index is 1000. The number of anilines is 1. The van der Waals surface area contributed by atoms with E-state index in [1.165, 1.54) is 0 Å². The zero-order valence-electron chi connectivity index (χ0n) is 22.8. The molecule has 200 valence electrons. The molecule has 0 heterocycles. The van der Waals surface area contributed by atoms with Crippen LogP contribution in [0.5, 0.6) is 17.2 Å². The first-order valence-electron chi connectivity index (χ1n) is 12.2. The molecule has 0 aromatic heterocycles. The summed E-state index contributed by atoms with van der Waals surface area (Å²) in [6, 6.07) is 11.7. The number of benzene rings is 2. The van der Waals surface area contributed by atoms with Crippen molar-refractivity contribution >= 4 is 49.9 Å². The standard InChI is InChI=1S/C27H42BrNO5Si2/c1-30-26-16-21(9-11-25(26)34-20-32-13-15-36(5,6)7)8-10-22-17-23(18-24(29)27(22)28)33-19-31-12-14-35(2,3)4/h8-11,16-18H,12-15,19-20,29H2,1-7H3/b10-8+. The fourth-order valence-electron chi connectivity index (χ4n) is 3.03. The Morgan fingerprint density at radius 2 is 1.42 bits per heavy atom. The minimum Gasteiger partial charge on any atom is -0.493 e. The number of ether oxygens (including phenoxy) is 5. The van der Waals surface area contributed by atoms with Gasteiger partial charge < -0.3 is 29.4 Å². The molecule has 0 spiro atoms. The summed E-state index contributed by atoms with van der Waals surface area (Å²) in [5.41, 5.74) is 8.66. The molecule has 0 aliphatic carbocycles. The van der Waals surface area contributed by atoms with Gasteiger partial charge in [-0.25, -0.2) is 0 Å². The largest absolute Gasteiger partial charge is 0.493 e. The molecule has 2 aromatic rings. The Morgan fingerprint density at radius 3 is 2.00 bits per heavy atom. The summed E-state index contributed by atoms with van der Waals surface area (Å²) in [6.07, 6.45) is 3.97. The smallest absolute Gasteiger partial charge is 0.189 e. The van der Waals surface area contributed by atoms with Gasteiger partial charge in [0.2, 0.25) is 0 Å². The van der Waals surface area contributed by atoms with Crippen molar-refractivity contribution in [3.63, 3.8) is 0 Å². The minimum atomic E-state index is -1.12. The van der Waals surface area contributed by atoms with Crippen molar-refractivity contribution in [1.29, 1.82) is 0 Å². The van der Waals surface area contributed by atoms with Crippen LogP contribution in [0, 0.1) is 0 Å². The predicted octanol–water partition coefficient (Wildman–Crippen LogP) is 7.59. The SMILES string of the molecule is COc1cc(/C=C/c2cc(OCOCC[Si](C)(C)C)cc(N)c2Br)ccc1OCOCC[Si](C)(C)C. The van der Waals surface area contributed by atoms with Crippen LogP contribution in [0.1, 0.15) is 11.1 Å². The number of methoxy groups -OCH3 is 1. The molecule has 0 unspecified atom stereocenters. The molecule has 0 aliphatic rings. The van der Waals surface area contributed by atoms with Crippen LogP contribution < -0.4 is 19.9 Å². The highest BCUT2D eigenvalue weighted by molar-refractivity contribution is 9.10. The van der Waals surface area contributed by atoms with E-state index in [-0.39, 0.29) is 13.6 Å². The molecule has 0 saturated heterocycles. The molecule has 0 fully saturated rings. The molecule has 36 heavy (non-hydrogen) atoms. The summed E-state index contributed by atoms with van der Waals surface area (Å²) in [6.45, 7) is 15.8. The second-order valence-electron chi connectivity index (χ2n) is 11.1. The van der Waals surface area contributed by atoms with Gasteiger partial charge in [-0.05, 0) is 57.3 Å². The lowest BCUT2D eigenvalue weighted by Gasteiger charge is -2.16. The summed E-state index contributed by atoms with van der Waals surface area (Å²) in [5, 5.41) is 0. The fraction of sp³-hybridized carbons (Fsp3) is 0.481. The van der Waals surface area contributed by atoms with E-state index in [0.29, 0.717) is 36.1 Å². The molecule has 0 amide bonds. The maximum atomic E-state index is 6.19. The van der Waals surface area contributed by atoms with Crippen LogP contribution in [0.2, 0.25) is 51.4 Å². The molecule has 0 bridgehead atoms. The van der Waals surface area contributed by atoms with Crippen LogP contribution in [-0.2, 0) is 9.47 Å². The molecule has 0 aliphatic heterocycles. The van der Waals surface area contributed by atoms with Crippen LogP contribution in [-0.4, -0.2) is 50.1 Å². The number of halogens is 1. The van der Waals surface area contributed by atoms with Crippen LogP contribution in [0.15, 0.2) is 34.8 Å². The third-order valence-corrected chi connectivity index (χ3v) is 9.67. The van der Waals surface area contributed by atoms with Crippen molar-refractivity contribution in [3.05, 3.63) is 45.9 Å². The van der Waals surface area contributed by atoms with E-state index in [4.69, 9.17) is 29.4 Å². The summed E-state index contributed by atoms with van der Waals surface area (Å²) in [5.74, 6) is 1.97. The summed E-state index contributed by atoms with van der Waals surface area (Å²) < 4.78 is 29.2. The number of nitrogens with two attached hydrogens (primary N) is 1. The molecule has 9 heteroatoms. The first-order valence-corrected chi connectivity index (χ1v) is 20.4. The van der Waals surface area contributed by atoms with E-state index in [2.05, 4.69) is 55.2 Å². The fourth-order valence-corrected chi connectivity index (χ4v) is 4.90. The van der Waals surface area contributed by atoms with Gasteiger partial charge >= 0.3 is 0 Å². The van der Waals surface area contributed by atoms with E-state index < -0.39 is 16.1 Å². The summed E-state index contributed by atoms with van der Waals surface area (Å²) in [4.78, 5) is 0. The highest BCUT2D eigenvalue weighted by Crippen LogP contribution is 2.32. The monoisotopic (exact) mass is 595 g/mol. The van der Waals surface area contributed by atoms with Gasteiger partial charge in [-0.2, -0.15) is 0 Å². The topological polar surface area (TPSA) is 72.2 Å².